The van der Waals surface area contributed by atoms with E-state index in [1.807, 2.05) is 49.4 Å². The van der Waals surface area contributed by atoms with E-state index in [-0.39, 0.29) is 17.9 Å². The summed E-state index contributed by atoms with van der Waals surface area (Å²) in [5.74, 6) is -0.333. The van der Waals surface area contributed by atoms with Crippen molar-refractivity contribution in [3.8, 4) is 0 Å². The molecule has 0 radical (unpaired) electrons. The lowest BCUT2D eigenvalue weighted by molar-refractivity contribution is 0.249. The summed E-state index contributed by atoms with van der Waals surface area (Å²) in [6, 6.07) is 19.3. The average Bonchev–Trinajstić information content (AvgIpc) is 2.56. The topological polar surface area (TPSA) is 41.1 Å². The first kappa shape index (κ1) is 15.0. The van der Waals surface area contributed by atoms with Gasteiger partial charge < -0.3 is 10.6 Å². The third-order valence-corrected chi connectivity index (χ3v) is 3.74. The molecule has 1 atom stereocenters. The summed E-state index contributed by atoms with van der Waals surface area (Å²) in [7, 11) is 0. The van der Waals surface area contributed by atoms with Crippen molar-refractivity contribution >= 4 is 22.5 Å². The number of carbonyl (C=O) groups is 1. The fraction of sp³-hybridized carbons (Fsp3) is 0.105. The number of fused-ring (bicyclic) bond motifs is 1. The molecule has 0 fully saturated rings. The van der Waals surface area contributed by atoms with Crippen molar-refractivity contribution in [2.24, 2.45) is 0 Å². The Labute approximate surface area is 134 Å². The maximum Gasteiger partial charge on any atom is 0.319 e. The predicted molar refractivity (Wildman–Crippen MR) is 90.9 cm³/mol. The van der Waals surface area contributed by atoms with Gasteiger partial charge in [-0.15, -0.1) is 0 Å². The van der Waals surface area contributed by atoms with Crippen LogP contribution in [0.4, 0.5) is 14.9 Å². The second-order valence-electron chi connectivity index (χ2n) is 5.40. The van der Waals surface area contributed by atoms with Gasteiger partial charge in [-0.2, -0.15) is 0 Å². The quantitative estimate of drug-likeness (QED) is 0.712. The Bertz CT molecular complexity index is 825. The van der Waals surface area contributed by atoms with Crippen molar-refractivity contribution in [1.82, 2.24) is 5.32 Å². The summed E-state index contributed by atoms with van der Waals surface area (Å²) in [6.45, 7) is 1.94. The molecule has 0 aromatic heterocycles. The normalized spacial score (nSPS) is 11.9. The predicted octanol–water partition coefficient (Wildman–Crippen LogP) is 4.86. The first-order valence-electron chi connectivity index (χ1n) is 7.44. The van der Waals surface area contributed by atoms with E-state index in [0.29, 0.717) is 5.69 Å². The van der Waals surface area contributed by atoms with Gasteiger partial charge in [-0.3, -0.25) is 0 Å². The van der Waals surface area contributed by atoms with E-state index in [0.717, 1.165) is 16.3 Å². The number of halogens is 1. The highest BCUT2D eigenvalue weighted by molar-refractivity contribution is 5.91. The van der Waals surface area contributed by atoms with E-state index < -0.39 is 0 Å². The van der Waals surface area contributed by atoms with Gasteiger partial charge in [0.15, 0.2) is 0 Å². The van der Waals surface area contributed by atoms with Crippen molar-refractivity contribution in [2.75, 3.05) is 5.32 Å². The number of nitrogens with one attached hydrogen (secondary N) is 2. The second-order valence-corrected chi connectivity index (χ2v) is 5.40. The molecule has 0 heterocycles. The molecular formula is C19H17FN2O. The molecule has 23 heavy (non-hydrogen) atoms. The molecule has 0 aliphatic heterocycles. The molecule has 0 saturated heterocycles. The Hall–Kier alpha value is -2.88. The van der Waals surface area contributed by atoms with Crippen LogP contribution in [0.15, 0.2) is 66.7 Å². The SMILES string of the molecule is CC(NC(=O)Nc1ccc(F)cc1)c1cccc2ccccc12. The van der Waals surface area contributed by atoms with Crippen LogP contribution in [0.1, 0.15) is 18.5 Å². The second kappa shape index (κ2) is 6.48. The molecule has 0 spiro atoms. The summed E-state index contributed by atoms with van der Waals surface area (Å²) in [5.41, 5.74) is 1.60. The van der Waals surface area contributed by atoms with Gasteiger partial charge in [0.2, 0.25) is 0 Å². The van der Waals surface area contributed by atoms with Crippen LogP contribution in [0, 0.1) is 5.82 Å². The van der Waals surface area contributed by atoms with Gasteiger partial charge in [0.05, 0.1) is 6.04 Å². The molecule has 1 unspecified atom stereocenters. The molecule has 0 aliphatic carbocycles. The van der Waals surface area contributed by atoms with Gasteiger partial charge >= 0.3 is 6.03 Å². The zero-order valence-electron chi connectivity index (χ0n) is 12.7. The van der Waals surface area contributed by atoms with Crippen LogP contribution < -0.4 is 10.6 Å². The van der Waals surface area contributed by atoms with Crippen LogP contribution in [0.5, 0.6) is 0 Å². The number of benzene rings is 3. The van der Waals surface area contributed by atoms with Crippen molar-refractivity contribution in [1.29, 1.82) is 0 Å². The third kappa shape index (κ3) is 3.48. The van der Waals surface area contributed by atoms with E-state index >= 15 is 0 Å². The monoisotopic (exact) mass is 308 g/mol. The summed E-state index contributed by atoms with van der Waals surface area (Å²) in [4.78, 5) is 12.1. The highest BCUT2D eigenvalue weighted by Crippen LogP contribution is 2.24. The van der Waals surface area contributed by atoms with Gasteiger partial charge in [0.25, 0.3) is 0 Å². The van der Waals surface area contributed by atoms with Crippen LogP contribution in [0.2, 0.25) is 0 Å². The fourth-order valence-corrected chi connectivity index (χ4v) is 2.60. The average molecular weight is 308 g/mol. The molecule has 3 aromatic carbocycles. The smallest absolute Gasteiger partial charge is 0.319 e. The molecule has 116 valence electrons. The van der Waals surface area contributed by atoms with Gasteiger partial charge in [-0.1, -0.05) is 42.5 Å². The number of hydrogen-bond acceptors (Lipinski definition) is 1. The van der Waals surface area contributed by atoms with E-state index in [9.17, 15) is 9.18 Å². The molecule has 4 heteroatoms. The first-order valence-corrected chi connectivity index (χ1v) is 7.44. The van der Waals surface area contributed by atoms with Crippen LogP contribution in [-0.2, 0) is 0 Å². The van der Waals surface area contributed by atoms with Gasteiger partial charge in [0, 0.05) is 5.69 Å². The Morgan fingerprint density at radius 1 is 0.957 bits per heavy atom. The minimum absolute atomic E-state index is 0.151. The number of anilines is 1. The third-order valence-electron chi connectivity index (χ3n) is 3.74. The molecular weight excluding hydrogens is 291 g/mol. The molecule has 0 aliphatic rings. The Morgan fingerprint density at radius 2 is 1.65 bits per heavy atom. The van der Waals surface area contributed by atoms with Crippen molar-refractivity contribution in [3.05, 3.63) is 78.1 Å². The van der Waals surface area contributed by atoms with Crippen LogP contribution in [0.3, 0.4) is 0 Å². The highest BCUT2D eigenvalue weighted by atomic mass is 19.1. The molecule has 2 N–H and O–H groups in total. The summed E-state index contributed by atoms with van der Waals surface area (Å²) >= 11 is 0. The van der Waals surface area contributed by atoms with Crippen molar-refractivity contribution in [3.63, 3.8) is 0 Å². The number of rotatable bonds is 3. The number of amides is 2. The van der Waals surface area contributed by atoms with E-state index in [1.165, 1.54) is 24.3 Å². The Morgan fingerprint density at radius 3 is 2.43 bits per heavy atom. The van der Waals surface area contributed by atoms with E-state index in [1.54, 1.807) is 0 Å². The zero-order valence-corrected chi connectivity index (χ0v) is 12.7. The molecule has 3 nitrogen and oxygen atoms in total. The van der Waals surface area contributed by atoms with Crippen molar-refractivity contribution in [2.45, 2.75) is 13.0 Å². The van der Waals surface area contributed by atoms with E-state index in [2.05, 4.69) is 10.6 Å². The van der Waals surface area contributed by atoms with Crippen LogP contribution in [-0.4, -0.2) is 6.03 Å². The van der Waals surface area contributed by atoms with Gasteiger partial charge in [0.1, 0.15) is 5.82 Å². The molecule has 0 saturated carbocycles. The molecule has 3 rings (SSSR count). The fourth-order valence-electron chi connectivity index (χ4n) is 2.60. The largest absolute Gasteiger partial charge is 0.331 e. The maximum absolute atomic E-state index is 12.9. The molecule has 3 aromatic rings. The van der Waals surface area contributed by atoms with Gasteiger partial charge in [-0.05, 0) is 47.5 Å². The number of hydrogen-bond donors (Lipinski definition) is 2. The van der Waals surface area contributed by atoms with Crippen LogP contribution >= 0.6 is 0 Å². The lowest BCUT2D eigenvalue weighted by Gasteiger charge is -2.17. The van der Waals surface area contributed by atoms with Gasteiger partial charge in [-0.25, -0.2) is 9.18 Å². The first-order chi connectivity index (χ1) is 11.1. The minimum atomic E-state index is -0.333. The van der Waals surface area contributed by atoms with Crippen LogP contribution in [0.25, 0.3) is 10.8 Å². The maximum atomic E-state index is 12.9. The zero-order chi connectivity index (χ0) is 16.2. The molecule has 2 amide bonds. The number of carbonyl (C=O) groups excluding carboxylic acids is 1. The summed E-state index contributed by atoms with van der Waals surface area (Å²) in [5, 5.41) is 7.86. The van der Waals surface area contributed by atoms with Crippen molar-refractivity contribution < 1.29 is 9.18 Å². The minimum Gasteiger partial charge on any atom is -0.331 e. The lowest BCUT2D eigenvalue weighted by Crippen LogP contribution is -2.31. The Kier molecular flexibility index (Phi) is 4.24. The highest BCUT2D eigenvalue weighted by Gasteiger charge is 2.12. The summed E-state index contributed by atoms with van der Waals surface area (Å²) < 4.78 is 12.9. The Balaban J connectivity index is 1.74. The van der Waals surface area contributed by atoms with E-state index in [4.69, 9.17) is 0 Å². The lowest BCUT2D eigenvalue weighted by atomic mass is 10.00. The molecule has 0 bridgehead atoms. The summed E-state index contributed by atoms with van der Waals surface area (Å²) in [6.07, 6.45) is 0. The number of urea groups is 1. The standard InChI is InChI=1S/C19H17FN2O/c1-13(17-8-4-6-14-5-2-3-7-18(14)17)21-19(23)22-16-11-9-15(20)10-12-16/h2-13H,1H3,(H2,21,22,23).